The number of ether oxygens (including phenoxy) is 1. The summed E-state index contributed by atoms with van der Waals surface area (Å²) < 4.78 is 18.3. The predicted octanol–water partition coefficient (Wildman–Crippen LogP) is 3.74. The summed E-state index contributed by atoms with van der Waals surface area (Å²) >= 11 is 1.47. The van der Waals surface area contributed by atoms with E-state index in [-0.39, 0.29) is 5.82 Å². The number of nitrogens with zero attached hydrogens (tertiary/aromatic N) is 2. The fourth-order valence-electron chi connectivity index (χ4n) is 1.68. The number of anilines is 1. The molecule has 1 N–H and O–H groups in total. The summed E-state index contributed by atoms with van der Waals surface area (Å²) in [5.41, 5.74) is 0. The van der Waals surface area contributed by atoms with Crippen LogP contribution in [-0.4, -0.2) is 23.1 Å². The zero-order valence-electron chi connectivity index (χ0n) is 12.1. The lowest BCUT2D eigenvalue weighted by Crippen LogP contribution is -2.05. The second-order valence-electron chi connectivity index (χ2n) is 4.23. The molecule has 112 valence electrons. The van der Waals surface area contributed by atoms with Crippen molar-refractivity contribution in [2.24, 2.45) is 0 Å². The molecule has 0 aliphatic rings. The molecule has 0 atom stereocenters. The van der Waals surface area contributed by atoms with Crippen molar-refractivity contribution >= 4 is 17.6 Å². The maximum Gasteiger partial charge on any atom is 0.157 e. The van der Waals surface area contributed by atoms with E-state index < -0.39 is 0 Å². The number of nitrogens with one attached hydrogen (secondary N) is 1. The normalized spacial score (nSPS) is 10.6. The summed E-state index contributed by atoms with van der Waals surface area (Å²) in [6, 6.07) is 8.23. The van der Waals surface area contributed by atoms with Crippen molar-refractivity contribution in [3.63, 3.8) is 0 Å². The number of benzene rings is 1. The molecule has 0 saturated carbocycles. The van der Waals surface area contributed by atoms with Crippen LogP contribution in [0.2, 0.25) is 0 Å². The fraction of sp³-hybridized carbons (Fsp3) is 0.333. The molecule has 0 unspecified atom stereocenters. The van der Waals surface area contributed by atoms with E-state index in [1.54, 1.807) is 12.1 Å². The van der Waals surface area contributed by atoms with E-state index in [1.807, 2.05) is 19.9 Å². The Balaban J connectivity index is 2.19. The van der Waals surface area contributed by atoms with Gasteiger partial charge in [0, 0.05) is 24.1 Å². The molecule has 0 aliphatic carbocycles. The molecule has 0 radical (unpaired) electrons. The van der Waals surface area contributed by atoms with Crippen LogP contribution in [0.15, 0.2) is 40.3 Å². The highest BCUT2D eigenvalue weighted by Crippen LogP contribution is 2.27. The lowest BCUT2D eigenvalue weighted by Gasteiger charge is -2.09. The smallest absolute Gasteiger partial charge is 0.157 e. The van der Waals surface area contributed by atoms with E-state index in [0.717, 1.165) is 22.3 Å². The first-order valence-electron chi connectivity index (χ1n) is 6.84. The van der Waals surface area contributed by atoms with Crippen molar-refractivity contribution in [2.45, 2.75) is 30.4 Å². The van der Waals surface area contributed by atoms with Gasteiger partial charge in [0.1, 0.15) is 23.3 Å². The number of halogens is 1. The zero-order valence-corrected chi connectivity index (χ0v) is 12.9. The van der Waals surface area contributed by atoms with Gasteiger partial charge in [0.2, 0.25) is 0 Å². The van der Waals surface area contributed by atoms with Gasteiger partial charge in [-0.15, -0.1) is 0 Å². The average molecular weight is 307 g/mol. The van der Waals surface area contributed by atoms with Gasteiger partial charge in [0.25, 0.3) is 0 Å². The van der Waals surface area contributed by atoms with E-state index in [0.29, 0.717) is 19.0 Å². The molecular weight excluding hydrogens is 289 g/mol. The molecule has 0 aliphatic heterocycles. The maximum atomic E-state index is 12.9. The minimum Gasteiger partial charge on any atom is -0.374 e. The van der Waals surface area contributed by atoms with Crippen LogP contribution in [0.3, 0.4) is 0 Å². The van der Waals surface area contributed by atoms with Crippen LogP contribution in [-0.2, 0) is 11.3 Å². The quantitative estimate of drug-likeness (QED) is 0.790. The lowest BCUT2D eigenvalue weighted by molar-refractivity contribution is 0.128. The Bertz CT molecular complexity index is 578. The first-order valence-corrected chi connectivity index (χ1v) is 7.66. The van der Waals surface area contributed by atoms with E-state index in [4.69, 9.17) is 4.74 Å². The van der Waals surface area contributed by atoms with E-state index in [9.17, 15) is 4.39 Å². The van der Waals surface area contributed by atoms with Crippen molar-refractivity contribution in [1.29, 1.82) is 0 Å². The van der Waals surface area contributed by atoms with Crippen molar-refractivity contribution in [1.82, 2.24) is 9.97 Å². The first-order chi connectivity index (χ1) is 10.2. The van der Waals surface area contributed by atoms with Gasteiger partial charge in [0.15, 0.2) is 5.82 Å². The third-order valence-electron chi connectivity index (χ3n) is 2.58. The van der Waals surface area contributed by atoms with Gasteiger partial charge >= 0.3 is 0 Å². The standard InChI is InChI=1S/C15H18FN3OS/c1-3-17-13-9-15(19-14(18-13)10-20-4-2)21-12-7-5-11(16)6-8-12/h5-9H,3-4,10H2,1-2H3,(H,17,18,19). The highest BCUT2D eigenvalue weighted by Gasteiger charge is 2.06. The van der Waals surface area contributed by atoms with E-state index in [2.05, 4.69) is 15.3 Å². The molecule has 1 aromatic carbocycles. The molecule has 0 spiro atoms. The summed E-state index contributed by atoms with van der Waals surface area (Å²) in [7, 11) is 0. The second-order valence-corrected chi connectivity index (χ2v) is 5.32. The fourth-order valence-corrected chi connectivity index (χ4v) is 2.51. The molecule has 0 bridgehead atoms. The topological polar surface area (TPSA) is 47.0 Å². The summed E-state index contributed by atoms with van der Waals surface area (Å²) in [5.74, 6) is 1.17. The third kappa shape index (κ3) is 4.99. The summed E-state index contributed by atoms with van der Waals surface area (Å²) in [5, 5.41) is 3.99. The minimum absolute atomic E-state index is 0.243. The van der Waals surface area contributed by atoms with Crippen molar-refractivity contribution < 1.29 is 9.13 Å². The minimum atomic E-state index is -0.243. The van der Waals surface area contributed by atoms with Gasteiger partial charge in [-0.3, -0.25) is 0 Å². The van der Waals surface area contributed by atoms with Crippen LogP contribution in [0, 0.1) is 5.82 Å². The predicted molar refractivity (Wildman–Crippen MR) is 82.0 cm³/mol. The van der Waals surface area contributed by atoms with Gasteiger partial charge < -0.3 is 10.1 Å². The van der Waals surface area contributed by atoms with Gasteiger partial charge in [-0.05, 0) is 38.1 Å². The summed E-state index contributed by atoms with van der Waals surface area (Å²) in [6.07, 6.45) is 0. The molecule has 2 aromatic rings. The lowest BCUT2D eigenvalue weighted by atomic mass is 10.4. The van der Waals surface area contributed by atoms with Crippen molar-refractivity contribution in [3.05, 3.63) is 42.0 Å². The van der Waals surface area contributed by atoms with E-state index >= 15 is 0 Å². The monoisotopic (exact) mass is 307 g/mol. The van der Waals surface area contributed by atoms with Gasteiger partial charge in [-0.25, -0.2) is 14.4 Å². The molecule has 6 heteroatoms. The van der Waals surface area contributed by atoms with Crippen LogP contribution in [0.4, 0.5) is 10.2 Å². The van der Waals surface area contributed by atoms with E-state index in [1.165, 1.54) is 23.9 Å². The first kappa shape index (κ1) is 15.7. The van der Waals surface area contributed by atoms with Crippen LogP contribution < -0.4 is 5.32 Å². The van der Waals surface area contributed by atoms with Crippen LogP contribution >= 0.6 is 11.8 Å². The van der Waals surface area contributed by atoms with Gasteiger partial charge in [-0.1, -0.05) is 11.8 Å². The molecule has 1 heterocycles. The maximum absolute atomic E-state index is 12.9. The Labute approximate surface area is 128 Å². The molecule has 0 fully saturated rings. The van der Waals surface area contributed by atoms with Crippen LogP contribution in [0.1, 0.15) is 19.7 Å². The summed E-state index contributed by atoms with van der Waals surface area (Å²) in [4.78, 5) is 9.79. The van der Waals surface area contributed by atoms with Gasteiger partial charge in [-0.2, -0.15) is 0 Å². The molecule has 0 amide bonds. The Morgan fingerprint density at radius 2 is 1.95 bits per heavy atom. The number of rotatable bonds is 7. The average Bonchev–Trinajstić information content (AvgIpc) is 2.48. The number of hydrogen-bond acceptors (Lipinski definition) is 5. The molecule has 21 heavy (non-hydrogen) atoms. The van der Waals surface area contributed by atoms with Gasteiger partial charge in [0.05, 0.1) is 0 Å². The molecule has 4 nitrogen and oxygen atoms in total. The van der Waals surface area contributed by atoms with Crippen molar-refractivity contribution in [2.75, 3.05) is 18.5 Å². The Hall–Kier alpha value is -1.66. The zero-order chi connectivity index (χ0) is 15.1. The SMILES string of the molecule is CCNc1cc(Sc2ccc(F)cc2)nc(COCC)n1. The Morgan fingerprint density at radius 1 is 1.19 bits per heavy atom. The van der Waals surface area contributed by atoms with Crippen LogP contribution in [0.5, 0.6) is 0 Å². The molecule has 1 aromatic heterocycles. The highest BCUT2D eigenvalue weighted by atomic mass is 32.2. The highest BCUT2D eigenvalue weighted by molar-refractivity contribution is 7.99. The van der Waals surface area contributed by atoms with Crippen molar-refractivity contribution in [3.8, 4) is 0 Å². The third-order valence-corrected chi connectivity index (χ3v) is 3.50. The largest absolute Gasteiger partial charge is 0.374 e. The van der Waals surface area contributed by atoms with Crippen LogP contribution in [0.25, 0.3) is 0 Å². The molecule has 0 saturated heterocycles. The second kappa shape index (κ2) is 7.95. The Kier molecular flexibility index (Phi) is 5.95. The molecular formula is C15H18FN3OS. The number of aromatic nitrogens is 2. The number of hydrogen-bond donors (Lipinski definition) is 1. The Morgan fingerprint density at radius 3 is 2.62 bits per heavy atom. The molecule has 2 rings (SSSR count). The summed E-state index contributed by atoms with van der Waals surface area (Å²) in [6.45, 7) is 5.73.